The number of nitrogens with zero attached hydrogens (tertiary/aromatic N) is 1. The van der Waals surface area contributed by atoms with Crippen molar-refractivity contribution >= 4 is 10.0 Å². The molecular formula is C16H28N2O2S. The van der Waals surface area contributed by atoms with E-state index >= 15 is 0 Å². The van der Waals surface area contributed by atoms with Crippen LogP contribution >= 0.6 is 0 Å². The first-order chi connectivity index (χ1) is 9.95. The van der Waals surface area contributed by atoms with Gasteiger partial charge in [-0.05, 0) is 43.0 Å². The molecule has 1 unspecified atom stereocenters. The summed E-state index contributed by atoms with van der Waals surface area (Å²) < 4.78 is 26.9. The highest BCUT2D eigenvalue weighted by Crippen LogP contribution is 2.19. The molecule has 0 fully saturated rings. The average molecular weight is 312 g/mol. The molecule has 120 valence electrons. The molecule has 21 heavy (non-hydrogen) atoms. The Morgan fingerprint density at radius 3 is 2.29 bits per heavy atom. The maximum Gasteiger partial charge on any atom is 0.243 e. The fourth-order valence-corrected chi connectivity index (χ4v) is 3.73. The fraction of sp³-hybridized carbons (Fsp3) is 0.625. The monoisotopic (exact) mass is 312 g/mol. The average Bonchev–Trinajstić information content (AvgIpc) is 2.50. The minimum absolute atomic E-state index is 0.364. The molecule has 0 saturated heterocycles. The third kappa shape index (κ3) is 5.09. The predicted molar refractivity (Wildman–Crippen MR) is 87.7 cm³/mol. The van der Waals surface area contributed by atoms with E-state index in [4.69, 9.17) is 5.73 Å². The highest BCUT2D eigenvalue weighted by Gasteiger charge is 2.24. The molecule has 0 aliphatic rings. The van der Waals surface area contributed by atoms with Crippen molar-refractivity contribution in [1.29, 1.82) is 0 Å². The maximum absolute atomic E-state index is 12.6. The molecule has 0 aromatic heterocycles. The second kappa shape index (κ2) is 8.51. The SMILES string of the molecule is CCC(C)CN(CC)S(=O)(=O)c1ccc(CCCN)cc1. The van der Waals surface area contributed by atoms with Crippen LogP contribution in [0.25, 0.3) is 0 Å². The van der Waals surface area contributed by atoms with Gasteiger partial charge in [0.05, 0.1) is 4.90 Å². The summed E-state index contributed by atoms with van der Waals surface area (Å²) in [5, 5.41) is 0. The van der Waals surface area contributed by atoms with Crippen molar-refractivity contribution in [3.63, 3.8) is 0 Å². The minimum Gasteiger partial charge on any atom is -0.330 e. The molecule has 0 aliphatic carbocycles. The number of benzene rings is 1. The summed E-state index contributed by atoms with van der Waals surface area (Å²) in [4.78, 5) is 0.379. The maximum atomic E-state index is 12.6. The second-order valence-corrected chi connectivity index (χ2v) is 7.44. The number of aryl methyl sites for hydroxylation is 1. The molecule has 0 spiro atoms. The zero-order valence-electron chi connectivity index (χ0n) is 13.4. The predicted octanol–water partition coefficient (Wildman–Crippen LogP) is 2.63. The smallest absolute Gasteiger partial charge is 0.243 e. The molecule has 0 aliphatic heterocycles. The molecular weight excluding hydrogens is 284 g/mol. The Morgan fingerprint density at radius 1 is 1.19 bits per heavy atom. The van der Waals surface area contributed by atoms with E-state index < -0.39 is 10.0 Å². The first-order valence-corrected chi connectivity index (χ1v) is 9.18. The van der Waals surface area contributed by atoms with Crippen molar-refractivity contribution in [1.82, 2.24) is 4.31 Å². The molecule has 1 rings (SSSR count). The van der Waals surface area contributed by atoms with Gasteiger partial charge in [-0.3, -0.25) is 0 Å². The van der Waals surface area contributed by atoms with Gasteiger partial charge in [0.1, 0.15) is 0 Å². The van der Waals surface area contributed by atoms with Crippen molar-refractivity contribution in [2.24, 2.45) is 11.7 Å². The van der Waals surface area contributed by atoms with Gasteiger partial charge in [-0.2, -0.15) is 4.31 Å². The molecule has 1 aromatic rings. The van der Waals surface area contributed by atoms with E-state index in [1.54, 1.807) is 16.4 Å². The lowest BCUT2D eigenvalue weighted by molar-refractivity contribution is 0.361. The lowest BCUT2D eigenvalue weighted by atomic mass is 10.1. The number of nitrogens with two attached hydrogens (primary N) is 1. The third-order valence-corrected chi connectivity index (χ3v) is 5.75. The first-order valence-electron chi connectivity index (χ1n) is 7.74. The van der Waals surface area contributed by atoms with Gasteiger partial charge in [0, 0.05) is 13.1 Å². The van der Waals surface area contributed by atoms with Crippen LogP contribution in [-0.4, -0.2) is 32.4 Å². The largest absolute Gasteiger partial charge is 0.330 e. The summed E-state index contributed by atoms with van der Waals surface area (Å²) in [5.74, 6) is 0.364. The van der Waals surface area contributed by atoms with Gasteiger partial charge in [-0.1, -0.05) is 39.3 Å². The van der Waals surface area contributed by atoms with E-state index in [1.165, 1.54) is 0 Å². The Bertz CT molecular complexity index is 512. The Labute approximate surface area is 129 Å². The van der Waals surface area contributed by atoms with Gasteiger partial charge in [0.25, 0.3) is 0 Å². The van der Waals surface area contributed by atoms with E-state index in [0.29, 0.717) is 30.4 Å². The van der Waals surface area contributed by atoms with Gasteiger partial charge in [-0.25, -0.2) is 8.42 Å². The second-order valence-electron chi connectivity index (χ2n) is 5.51. The topological polar surface area (TPSA) is 63.4 Å². The Balaban J connectivity index is 2.89. The molecule has 0 bridgehead atoms. The molecule has 4 nitrogen and oxygen atoms in total. The molecule has 0 saturated carbocycles. The van der Waals surface area contributed by atoms with Crippen LogP contribution in [0.2, 0.25) is 0 Å². The van der Waals surface area contributed by atoms with E-state index in [9.17, 15) is 8.42 Å². The van der Waals surface area contributed by atoms with Gasteiger partial charge < -0.3 is 5.73 Å². The zero-order chi connectivity index (χ0) is 15.9. The van der Waals surface area contributed by atoms with Crippen molar-refractivity contribution < 1.29 is 8.42 Å². The molecule has 0 amide bonds. The molecule has 0 heterocycles. The van der Waals surface area contributed by atoms with Crippen LogP contribution in [0.1, 0.15) is 39.2 Å². The summed E-state index contributed by atoms with van der Waals surface area (Å²) in [6.07, 6.45) is 2.78. The molecule has 1 aromatic carbocycles. The van der Waals surface area contributed by atoms with Crippen LogP contribution in [0.3, 0.4) is 0 Å². The number of hydrogen-bond acceptors (Lipinski definition) is 3. The van der Waals surface area contributed by atoms with E-state index in [1.807, 2.05) is 19.1 Å². The quantitative estimate of drug-likeness (QED) is 0.762. The van der Waals surface area contributed by atoms with Gasteiger partial charge in [0.2, 0.25) is 10.0 Å². The minimum atomic E-state index is -3.38. The number of rotatable bonds is 9. The lowest BCUT2D eigenvalue weighted by Crippen LogP contribution is -2.34. The Kier molecular flexibility index (Phi) is 7.35. The van der Waals surface area contributed by atoms with E-state index in [-0.39, 0.29) is 0 Å². The third-order valence-electron chi connectivity index (χ3n) is 3.80. The number of hydrogen-bond donors (Lipinski definition) is 1. The standard InChI is InChI=1S/C16H28N2O2S/c1-4-14(3)13-18(5-2)21(19,20)16-10-8-15(9-11-16)7-6-12-17/h8-11,14H,4-7,12-13,17H2,1-3H3. The van der Waals surface area contributed by atoms with Gasteiger partial charge in [0.15, 0.2) is 0 Å². The van der Waals surface area contributed by atoms with E-state index in [0.717, 1.165) is 24.8 Å². The van der Waals surface area contributed by atoms with E-state index in [2.05, 4.69) is 13.8 Å². The first kappa shape index (κ1) is 18.1. The molecule has 5 heteroatoms. The summed E-state index contributed by atoms with van der Waals surface area (Å²) in [5.41, 5.74) is 6.62. The van der Waals surface area contributed by atoms with Crippen molar-refractivity contribution in [2.45, 2.75) is 44.9 Å². The summed E-state index contributed by atoms with van der Waals surface area (Å²) in [6.45, 7) is 7.77. The summed E-state index contributed by atoms with van der Waals surface area (Å²) >= 11 is 0. The Hall–Kier alpha value is -0.910. The van der Waals surface area contributed by atoms with Crippen LogP contribution in [0.4, 0.5) is 0 Å². The van der Waals surface area contributed by atoms with Gasteiger partial charge in [-0.15, -0.1) is 0 Å². The molecule has 1 atom stereocenters. The van der Waals surface area contributed by atoms with Crippen molar-refractivity contribution in [2.75, 3.05) is 19.6 Å². The molecule has 0 radical (unpaired) electrons. The number of sulfonamides is 1. The lowest BCUT2D eigenvalue weighted by Gasteiger charge is -2.23. The van der Waals surface area contributed by atoms with Crippen LogP contribution in [0.15, 0.2) is 29.2 Å². The van der Waals surface area contributed by atoms with Crippen LogP contribution in [0, 0.1) is 5.92 Å². The zero-order valence-corrected chi connectivity index (χ0v) is 14.2. The van der Waals surface area contributed by atoms with Crippen molar-refractivity contribution in [3.05, 3.63) is 29.8 Å². The highest BCUT2D eigenvalue weighted by atomic mass is 32.2. The van der Waals surface area contributed by atoms with Crippen LogP contribution in [0.5, 0.6) is 0 Å². The summed E-state index contributed by atoms with van der Waals surface area (Å²) in [7, 11) is -3.38. The van der Waals surface area contributed by atoms with Crippen LogP contribution in [-0.2, 0) is 16.4 Å². The Morgan fingerprint density at radius 2 is 1.81 bits per heavy atom. The van der Waals surface area contributed by atoms with Crippen molar-refractivity contribution in [3.8, 4) is 0 Å². The summed E-state index contributed by atoms with van der Waals surface area (Å²) in [6, 6.07) is 7.19. The van der Waals surface area contributed by atoms with Gasteiger partial charge >= 0.3 is 0 Å². The fourth-order valence-electron chi connectivity index (χ4n) is 2.16. The highest BCUT2D eigenvalue weighted by molar-refractivity contribution is 7.89. The van der Waals surface area contributed by atoms with Crippen LogP contribution < -0.4 is 5.73 Å². The molecule has 2 N–H and O–H groups in total. The normalized spacial score (nSPS) is 13.6.